The van der Waals surface area contributed by atoms with Crippen LogP contribution in [0.1, 0.15) is 28.8 Å². The fraction of sp³-hybridized carbons (Fsp3) is 0.238. The molecule has 0 spiro atoms. The summed E-state index contributed by atoms with van der Waals surface area (Å²) in [6.07, 6.45) is 2.77. The van der Waals surface area contributed by atoms with E-state index in [0.717, 1.165) is 5.56 Å². The van der Waals surface area contributed by atoms with Crippen molar-refractivity contribution < 1.29 is 14.6 Å². The highest BCUT2D eigenvalue weighted by molar-refractivity contribution is 6.30. The summed E-state index contributed by atoms with van der Waals surface area (Å²) in [6, 6.07) is 12.2. The molecule has 6 nitrogen and oxygen atoms in total. The Bertz CT molecular complexity index is 1020. The number of carbonyl (C=O) groups is 1. The van der Waals surface area contributed by atoms with Crippen molar-refractivity contribution >= 4 is 28.4 Å². The number of rotatable bonds is 8. The van der Waals surface area contributed by atoms with Gasteiger partial charge in [-0.15, -0.1) is 0 Å². The van der Waals surface area contributed by atoms with Gasteiger partial charge in [0.25, 0.3) is 5.91 Å². The lowest BCUT2D eigenvalue weighted by molar-refractivity contribution is 0.0949. The van der Waals surface area contributed by atoms with Gasteiger partial charge in [0.1, 0.15) is 11.3 Å². The molecule has 146 valence electrons. The number of pyridine rings is 1. The van der Waals surface area contributed by atoms with Crippen molar-refractivity contribution in [3.8, 4) is 5.75 Å². The number of amides is 1. The Balaban J connectivity index is 1.76. The second-order valence-corrected chi connectivity index (χ2v) is 6.73. The van der Waals surface area contributed by atoms with Gasteiger partial charge < -0.3 is 20.1 Å². The van der Waals surface area contributed by atoms with Gasteiger partial charge in [-0.25, -0.2) is 0 Å². The number of aromatic amines is 1. The van der Waals surface area contributed by atoms with Crippen molar-refractivity contribution in [1.29, 1.82) is 0 Å². The second-order valence-electron chi connectivity index (χ2n) is 6.30. The highest BCUT2D eigenvalue weighted by atomic mass is 35.5. The fourth-order valence-electron chi connectivity index (χ4n) is 2.79. The van der Waals surface area contributed by atoms with E-state index in [1.54, 1.807) is 30.3 Å². The van der Waals surface area contributed by atoms with Gasteiger partial charge in [-0.3, -0.25) is 9.59 Å². The molecular formula is C21H21ClN2O4. The minimum Gasteiger partial charge on any atom is -0.491 e. The third-order valence-electron chi connectivity index (χ3n) is 4.30. The number of hydrogen-bond donors (Lipinski definition) is 3. The maximum absolute atomic E-state index is 12.8. The largest absolute Gasteiger partial charge is 0.491 e. The molecule has 7 heteroatoms. The van der Waals surface area contributed by atoms with E-state index >= 15 is 0 Å². The summed E-state index contributed by atoms with van der Waals surface area (Å²) in [7, 11) is 0. The van der Waals surface area contributed by atoms with Crippen LogP contribution in [0, 0.1) is 0 Å². The van der Waals surface area contributed by atoms with Gasteiger partial charge in [0, 0.05) is 24.4 Å². The van der Waals surface area contributed by atoms with E-state index in [0.29, 0.717) is 47.7 Å². The fourth-order valence-corrected chi connectivity index (χ4v) is 2.91. The van der Waals surface area contributed by atoms with Crippen LogP contribution in [0.4, 0.5) is 0 Å². The predicted octanol–water partition coefficient (Wildman–Crippen LogP) is 3.26. The first kappa shape index (κ1) is 19.9. The lowest BCUT2D eigenvalue weighted by Gasteiger charge is -2.10. The molecule has 0 radical (unpaired) electrons. The number of aromatic nitrogens is 1. The standard InChI is InChI=1S/C21H21ClN2O4/c22-15-8-6-14(7-9-15)12-24-21(27)17-13-23-19-16(20(17)26)4-3-5-18(19)28-11-2-1-10-25/h3-9,13,25H,1-2,10-12H2,(H,23,26)(H,24,27). The van der Waals surface area contributed by atoms with Gasteiger partial charge in [0.2, 0.25) is 5.43 Å². The van der Waals surface area contributed by atoms with Crippen molar-refractivity contribution in [2.75, 3.05) is 13.2 Å². The molecule has 3 N–H and O–H groups in total. The summed E-state index contributed by atoms with van der Waals surface area (Å²) in [6.45, 7) is 0.844. The van der Waals surface area contributed by atoms with Crippen molar-refractivity contribution in [1.82, 2.24) is 10.3 Å². The van der Waals surface area contributed by atoms with E-state index < -0.39 is 5.91 Å². The maximum atomic E-state index is 12.8. The number of nitrogens with one attached hydrogen (secondary N) is 2. The third-order valence-corrected chi connectivity index (χ3v) is 4.55. The van der Waals surface area contributed by atoms with Gasteiger partial charge in [-0.05, 0) is 42.7 Å². The Hall–Kier alpha value is -2.83. The van der Waals surface area contributed by atoms with E-state index in [1.165, 1.54) is 6.20 Å². The topological polar surface area (TPSA) is 91.4 Å². The summed E-state index contributed by atoms with van der Waals surface area (Å²) in [4.78, 5) is 28.2. The van der Waals surface area contributed by atoms with Crippen LogP contribution in [0.5, 0.6) is 5.75 Å². The molecule has 1 aromatic heterocycles. The Labute approximate surface area is 167 Å². The number of unbranched alkanes of at least 4 members (excludes halogenated alkanes) is 1. The normalized spacial score (nSPS) is 10.8. The first-order valence-corrected chi connectivity index (χ1v) is 9.38. The average Bonchev–Trinajstić information content (AvgIpc) is 2.71. The lowest BCUT2D eigenvalue weighted by Crippen LogP contribution is -2.28. The molecule has 0 atom stereocenters. The molecule has 0 saturated heterocycles. The number of fused-ring (bicyclic) bond motifs is 1. The summed E-state index contributed by atoms with van der Waals surface area (Å²) >= 11 is 5.85. The minimum absolute atomic E-state index is 0.0406. The van der Waals surface area contributed by atoms with Crippen molar-refractivity contribution in [2.45, 2.75) is 19.4 Å². The predicted molar refractivity (Wildman–Crippen MR) is 109 cm³/mol. The average molecular weight is 401 g/mol. The zero-order valence-corrected chi connectivity index (χ0v) is 16.0. The van der Waals surface area contributed by atoms with Crippen LogP contribution in [0.15, 0.2) is 53.5 Å². The molecular weight excluding hydrogens is 380 g/mol. The first-order chi connectivity index (χ1) is 13.6. The number of benzene rings is 2. The Kier molecular flexibility index (Phi) is 6.68. The minimum atomic E-state index is -0.452. The van der Waals surface area contributed by atoms with Crippen molar-refractivity contribution in [2.24, 2.45) is 0 Å². The monoisotopic (exact) mass is 400 g/mol. The second kappa shape index (κ2) is 9.39. The molecule has 3 aromatic rings. The van der Waals surface area contributed by atoms with Gasteiger partial charge in [-0.1, -0.05) is 29.8 Å². The molecule has 1 heterocycles. The SMILES string of the molecule is O=C(NCc1ccc(Cl)cc1)c1c[nH]c2c(OCCCCO)cccc2c1=O. The summed E-state index contributed by atoms with van der Waals surface area (Å²) < 4.78 is 5.70. The number of halogens is 1. The third kappa shape index (κ3) is 4.71. The molecule has 1 amide bonds. The number of H-pyrrole nitrogens is 1. The molecule has 0 aliphatic rings. The number of ether oxygens (including phenoxy) is 1. The summed E-state index contributed by atoms with van der Waals surface area (Å²) in [5, 5.41) is 12.6. The van der Waals surface area contributed by atoms with Crippen molar-refractivity contribution in [3.63, 3.8) is 0 Å². The molecule has 0 unspecified atom stereocenters. The first-order valence-electron chi connectivity index (χ1n) is 9.01. The molecule has 0 fully saturated rings. The Morgan fingerprint density at radius 1 is 1.14 bits per heavy atom. The van der Waals surface area contributed by atoms with Gasteiger partial charge in [-0.2, -0.15) is 0 Å². The number of carbonyl (C=O) groups excluding carboxylic acids is 1. The van der Waals surface area contributed by atoms with E-state index in [2.05, 4.69) is 10.3 Å². The van der Waals surface area contributed by atoms with E-state index in [9.17, 15) is 9.59 Å². The molecule has 3 rings (SSSR count). The smallest absolute Gasteiger partial charge is 0.257 e. The van der Waals surface area contributed by atoms with E-state index in [-0.39, 0.29) is 17.6 Å². The van der Waals surface area contributed by atoms with E-state index in [1.807, 2.05) is 12.1 Å². The van der Waals surface area contributed by atoms with Crippen LogP contribution in [0.2, 0.25) is 5.02 Å². The zero-order valence-electron chi connectivity index (χ0n) is 15.2. The molecule has 0 saturated carbocycles. The number of hydrogen-bond acceptors (Lipinski definition) is 4. The van der Waals surface area contributed by atoms with Crippen LogP contribution in [-0.4, -0.2) is 29.2 Å². The highest BCUT2D eigenvalue weighted by Crippen LogP contribution is 2.22. The number of para-hydroxylation sites is 1. The van der Waals surface area contributed by atoms with Gasteiger partial charge in [0.05, 0.1) is 17.5 Å². The van der Waals surface area contributed by atoms with Gasteiger partial charge in [0.15, 0.2) is 0 Å². The maximum Gasteiger partial charge on any atom is 0.257 e. The quantitative estimate of drug-likeness (QED) is 0.506. The summed E-state index contributed by atoms with van der Waals surface area (Å²) in [5.74, 6) is 0.0908. The Morgan fingerprint density at radius 2 is 1.93 bits per heavy atom. The van der Waals surface area contributed by atoms with Crippen LogP contribution < -0.4 is 15.5 Å². The molecule has 28 heavy (non-hydrogen) atoms. The van der Waals surface area contributed by atoms with Gasteiger partial charge >= 0.3 is 0 Å². The van der Waals surface area contributed by atoms with Crippen LogP contribution in [0.25, 0.3) is 10.9 Å². The molecule has 0 bridgehead atoms. The van der Waals surface area contributed by atoms with Crippen molar-refractivity contribution in [3.05, 3.63) is 75.0 Å². The number of aliphatic hydroxyl groups excluding tert-OH is 1. The highest BCUT2D eigenvalue weighted by Gasteiger charge is 2.14. The number of aliphatic hydroxyl groups is 1. The molecule has 0 aliphatic carbocycles. The molecule has 0 aliphatic heterocycles. The van der Waals surface area contributed by atoms with Crippen LogP contribution in [0.3, 0.4) is 0 Å². The van der Waals surface area contributed by atoms with E-state index in [4.69, 9.17) is 21.4 Å². The molecule has 2 aromatic carbocycles. The van der Waals surface area contributed by atoms with Crippen LogP contribution >= 0.6 is 11.6 Å². The lowest BCUT2D eigenvalue weighted by atomic mass is 10.1. The summed E-state index contributed by atoms with van der Waals surface area (Å²) in [5.41, 5.74) is 1.11. The Morgan fingerprint density at radius 3 is 2.68 bits per heavy atom. The van der Waals surface area contributed by atoms with Crippen LogP contribution in [-0.2, 0) is 6.54 Å². The zero-order chi connectivity index (χ0) is 19.9.